The molecule has 2 aromatic carbocycles. The Labute approximate surface area is 194 Å². The standard InChI is InChI=1S/C24H23FN2O5S/c1-2-21(29)26-18-9-3-15(4-10-18)20(28)13-32-23(31)19-14-33-24(12-11-22(30)27(19)24)16-5-7-17(25)8-6-16/h3-10,19H,2,11-14H2,1H3,(H,26,29). The molecule has 0 aliphatic carbocycles. The highest BCUT2D eigenvalue weighted by molar-refractivity contribution is 8.00. The second kappa shape index (κ2) is 9.35. The number of fused-ring (bicyclic) bond motifs is 1. The van der Waals surface area contributed by atoms with Crippen LogP contribution in [-0.2, 0) is 24.0 Å². The molecule has 9 heteroatoms. The van der Waals surface area contributed by atoms with Crippen LogP contribution >= 0.6 is 11.8 Å². The van der Waals surface area contributed by atoms with Crippen molar-refractivity contribution in [1.29, 1.82) is 0 Å². The van der Waals surface area contributed by atoms with E-state index in [2.05, 4.69) is 5.32 Å². The number of benzene rings is 2. The third-order valence-electron chi connectivity index (χ3n) is 5.85. The lowest BCUT2D eigenvalue weighted by Gasteiger charge is -2.33. The van der Waals surface area contributed by atoms with E-state index >= 15 is 0 Å². The highest BCUT2D eigenvalue weighted by Gasteiger charge is 2.57. The average Bonchev–Trinajstić information content (AvgIpc) is 3.37. The Hall–Kier alpha value is -3.20. The van der Waals surface area contributed by atoms with Gasteiger partial charge in [0.25, 0.3) is 0 Å². The van der Waals surface area contributed by atoms with Crippen molar-refractivity contribution in [2.24, 2.45) is 0 Å². The smallest absolute Gasteiger partial charge is 0.330 e. The number of hydrogen-bond acceptors (Lipinski definition) is 6. The molecule has 2 atom stereocenters. The molecular formula is C24H23FN2O5S. The first kappa shape index (κ1) is 23.0. The predicted octanol–water partition coefficient (Wildman–Crippen LogP) is 3.49. The van der Waals surface area contributed by atoms with Gasteiger partial charge in [-0.25, -0.2) is 9.18 Å². The van der Waals surface area contributed by atoms with Gasteiger partial charge in [0.2, 0.25) is 11.8 Å². The summed E-state index contributed by atoms with van der Waals surface area (Å²) >= 11 is 1.46. The molecule has 2 amide bonds. The molecule has 2 aliphatic heterocycles. The minimum absolute atomic E-state index is 0.134. The van der Waals surface area contributed by atoms with E-state index in [0.717, 1.165) is 5.56 Å². The maximum atomic E-state index is 13.4. The van der Waals surface area contributed by atoms with Crippen LogP contribution in [0.2, 0.25) is 0 Å². The van der Waals surface area contributed by atoms with Crippen LogP contribution in [0.4, 0.5) is 10.1 Å². The fraction of sp³-hybridized carbons (Fsp3) is 0.333. The number of ether oxygens (including phenoxy) is 1. The highest BCUT2D eigenvalue weighted by atomic mass is 32.2. The molecule has 172 valence electrons. The zero-order valence-corrected chi connectivity index (χ0v) is 18.8. The number of halogens is 1. The van der Waals surface area contributed by atoms with Crippen LogP contribution in [-0.4, -0.2) is 46.9 Å². The van der Waals surface area contributed by atoms with Crippen LogP contribution in [0.15, 0.2) is 48.5 Å². The number of anilines is 1. The van der Waals surface area contributed by atoms with Crippen LogP contribution in [0.3, 0.4) is 0 Å². The first-order valence-electron chi connectivity index (χ1n) is 10.7. The summed E-state index contributed by atoms with van der Waals surface area (Å²) in [6.45, 7) is 1.29. The number of hydrogen-bond donors (Lipinski definition) is 1. The summed E-state index contributed by atoms with van der Waals surface area (Å²) in [4.78, 5) is 50.2. The van der Waals surface area contributed by atoms with Gasteiger partial charge < -0.3 is 15.0 Å². The third kappa shape index (κ3) is 4.50. The van der Waals surface area contributed by atoms with Gasteiger partial charge in [-0.1, -0.05) is 19.1 Å². The van der Waals surface area contributed by atoms with E-state index in [1.807, 2.05) is 0 Å². The van der Waals surface area contributed by atoms with Crippen molar-refractivity contribution < 1.29 is 28.3 Å². The molecule has 4 rings (SSSR count). The van der Waals surface area contributed by atoms with Crippen molar-refractivity contribution in [3.05, 3.63) is 65.5 Å². The normalized spacial score (nSPS) is 21.6. The van der Waals surface area contributed by atoms with E-state index in [0.29, 0.717) is 29.8 Å². The zero-order chi connectivity index (χ0) is 23.6. The Bertz CT molecular complexity index is 1090. The Morgan fingerprint density at radius 1 is 1.15 bits per heavy atom. The fourth-order valence-corrected chi connectivity index (χ4v) is 5.77. The Morgan fingerprint density at radius 3 is 2.52 bits per heavy atom. The molecular weight excluding hydrogens is 447 g/mol. The predicted molar refractivity (Wildman–Crippen MR) is 121 cm³/mol. The number of ketones is 1. The van der Waals surface area contributed by atoms with Crippen LogP contribution in [0, 0.1) is 5.82 Å². The van der Waals surface area contributed by atoms with E-state index in [9.17, 15) is 23.6 Å². The van der Waals surface area contributed by atoms with Crippen molar-refractivity contribution in [3.8, 4) is 0 Å². The van der Waals surface area contributed by atoms with E-state index in [1.165, 1.54) is 28.8 Å². The molecule has 2 unspecified atom stereocenters. The van der Waals surface area contributed by atoms with Crippen LogP contribution in [0.25, 0.3) is 0 Å². The SMILES string of the molecule is CCC(=O)Nc1ccc(C(=O)COC(=O)C2CSC3(c4ccc(F)cc4)CCC(=O)N23)cc1. The number of carbonyl (C=O) groups excluding carboxylic acids is 4. The van der Waals surface area contributed by atoms with Gasteiger partial charge in [-0.05, 0) is 48.4 Å². The van der Waals surface area contributed by atoms with Gasteiger partial charge in [0, 0.05) is 29.8 Å². The van der Waals surface area contributed by atoms with Gasteiger partial charge in [0.15, 0.2) is 12.4 Å². The van der Waals surface area contributed by atoms with Crippen molar-refractivity contribution in [2.45, 2.75) is 37.1 Å². The minimum atomic E-state index is -0.811. The third-order valence-corrected chi connectivity index (χ3v) is 7.45. The first-order valence-corrected chi connectivity index (χ1v) is 11.6. The largest absolute Gasteiger partial charge is 0.456 e. The van der Waals surface area contributed by atoms with E-state index in [4.69, 9.17) is 4.74 Å². The maximum absolute atomic E-state index is 13.4. The summed E-state index contributed by atoms with van der Waals surface area (Å²) < 4.78 is 18.7. The van der Waals surface area contributed by atoms with Gasteiger partial charge in [0.05, 0.1) is 0 Å². The van der Waals surface area contributed by atoms with Crippen LogP contribution < -0.4 is 5.32 Å². The molecule has 0 aromatic heterocycles. The molecule has 2 heterocycles. The lowest BCUT2D eigenvalue weighted by molar-refractivity contribution is -0.152. The van der Waals surface area contributed by atoms with Crippen LogP contribution in [0.5, 0.6) is 0 Å². The van der Waals surface area contributed by atoms with Gasteiger partial charge in [0.1, 0.15) is 16.7 Å². The zero-order valence-electron chi connectivity index (χ0n) is 18.0. The van der Waals surface area contributed by atoms with Crippen molar-refractivity contribution >= 4 is 41.0 Å². The molecule has 33 heavy (non-hydrogen) atoms. The molecule has 0 saturated carbocycles. The average molecular weight is 471 g/mol. The quantitative estimate of drug-likeness (QED) is 0.492. The number of carbonyl (C=O) groups is 4. The number of rotatable bonds is 7. The number of Topliss-reactive ketones (excluding diaryl/α,β-unsaturated/α-hetero) is 1. The summed E-state index contributed by atoms with van der Waals surface area (Å²) in [6, 6.07) is 11.5. The number of nitrogens with one attached hydrogen (secondary N) is 1. The summed E-state index contributed by atoms with van der Waals surface area (Å²) in [6.07, 6.45) is 1.15. The highest BCUT2D eigenvalue weighted by Crippen LogP contribution is 2.54. The van der Waals surface area contributed by atoms with Gasteiger partial charge in [-0.15, -0.1) is 11.8 Å². The van der Waals surface area contributed by atoms with E-state index in [-0.39, 0.29) is 29.8 Å². The minimum Gasteiger partial charge on any atom is -0.456 e. The van der Waals surface area contributed by atoms with Crippen molar-refractivity contribution in [3.63, 3.8) is 0 Å². The lowest BCUT2D eigenvalue weighted by Crippen LogP contribution is -2.47. The molecule has 2 fully saturated rings. The molecule has 2 aliphatic rings. The van der Waals surface area contributed by atoms with Crippen molar-refractivity contribution in [2.75, 3.05) is 17.7 Å². The summed E-state index contributed by atoms with van der Waals surface area (Å²) in [7, 11) is 0. The molecule has 2 saturated heterocycles. The molecule has 2 aromatic rings. The van der Waals surface area contributed by atoms with Gasteiger partial charge >= 0.3 is 5.97 Å². The molecule has 0 bridgehead atoms. The monoisotopic (exact) mass is 470 g/mol. The number of esters is 1. The number of thioether (sulfide) groups is 1. The lowest BCUT2D eigenvalue weighted by atomic mass is 10.0. The van der Waals surface area contributed by atoms with E-state index < -0.39 is 23.5 Å². The number of amides is 2. The Morgan fingerprint density at radius 2 is 1.85 bits per heavy atom. The molecule has 1 N–H and O–H groups in total. The topological polar surface area (TPSA) is 92.8 Å². The molecule has 0 spiro atoms. The maximum Gasteiger partial charge on any atom is 0.330 e. The molecule has 0 radical (unpaired) electrons. The second-order valence-electron chi connectivity index (χ2n) is 7.89. The summed E-state index contributed by atoms with van der Waals surface area (Å²) in [5.74, 6) is -1.36. The summed E-state index contributed by atoms with van der Waals surface area (Å²) in [5, 5.41) is 2.69. The van der Waals surface area contributed by atoms with Crippen LogP contribution in [0.1, 0.15) is 42.1 Å². The second-order valence-corrected chi connectivity index (χ2v) is 9.19. The van der Waals surface area contributed by atoms with E-state index in [1.54, 1.807) is 43.3 Å². The summed E-state index contributed by atoms with van der Waals surface area (Å²) in [5.41, 5.74) is 1.68. The van der Waals surface area contributed by atoms with Gasteiger partial charge in [-0.3, -0.25) is 14.4 Å². The Balaban J connectivity index is 1.40. The molecule has 7 nitrogen and oxygen atoms in total. The first-order chi connectivity index (χ1) is 15.8. The van der Waals surface area contributed by atoms with Crippen molar-refractivity contribution in [1.82, 2.24) is 4.90 Å². The Kier molecular flexibility index (Phi) is 6.51. The fourth-order valence-electron chi connectivity index (χ4n) is 4.13. The van der Waals surface area contributed by atoms with Gasteiger partial charge in [-0.2, -0.15) is 0 Å². The number of nitrogens with zero attached hydrogens (tertiary/aromatic N) is 1.